The third kappa shape index (κ3) is 3.08. The summed E-state index contributed by atoms with van der Waals surface area (Å²) in [5, 5.41) is 0.760. The first-order chi connectivity index (χ1) is 9.50. The second kappa shape index (κ2) is 6.20. The number of anilines is 1. The number of aromatic nitrogens is 1. The van der Waals surface area contributed by atoms with Crippen molar-refractivity contribution in [2.75, 3.05) is 11.9 Å². The number of pyridine rings is 1. The number of halogens is 1. The summed E-state index contributed by atoms with van der Waals surface area (Å²) in [6.45, 7) is 2.10. The van der Waals surface area contributed by atoms with Crippen LogP contribution in [0.3, 0.4) is 0 Å². The number of nitrogens with two attached hydrogens (primary N) is 1. The van der Waals surface area contributed by atoms with Gasteiger partial charge in [0.25, 0.3) is 0 Å². The Morgan fingerprint density at radius 2 is 2.05 bits per heavy atom. The summed E-state index contributed by atoms with van der Waals surface area (Å²) in [5.74, 6) is 0. The Bertz CT molecular complexity index is 630. The van der Waals surface area contributed by atoms with Gasteiger partial charge in [0, 0.05) is 24.0 Å². The van der Waals surface area contributed by atoms with E-state index in [1.165, 1.54) is 0 Å². The van der Waals surface area contributed by atoms with E-state index in [0.717, 1.165) is 16.3 Å². The van der Waals surface area contributed by atoms with Crippen LogP contribution in [-0.4, -0.2) is 17.0 Å². The van der Waals surface area contributed by atoms with Crippen LogP contribution < -0.4 is 10.6 Å². The molecule has 0 radical (unpaired) electrons. The number of rotatable bonds is 4. The van der Waals surface area contributed by atoms with Crippen LogP contribution >= 0.6 is 23.8 Å². The van der Waals surface area contributed by atoms with Crippen LogP contribution in [0, 0.1) is 0 Å². The largest absolute Gasteiger partial charge is 0.388 e. The third-order valence-corrected chi connectivity index (χ3v) is 3.89. The average molecular weight is 306 g/mol. The molecule has 0 spiro atoms. The highest BCUT2D eigenvalue weighted by atomic mass is 35.5. The Kier molecular flexibility index (Phi) is 4.57. The predicted octanol–water partition coefficient (Wildman–Crippen LogP) is 3.57. The maximum atomic E-state index is 6.25. The van der Waals surface area contributed by atoms with Crippen molar-refractivity contribution in [1.29, 1.82) is 0 Å². The van der Waals surface area contributed by atoms with Crippen LogP contribution in [0.5, 0.6) is 0 Å². The minimum absolute atomic E-state index is 0.130. The number of thiocarbonyl (C=S) groups is 1. The summed E-state index contributed by atoms with van der Waals surface area (Å²) in [6, 6.07) is 11.8. The molecule has 0 amide bonds. The van der Waals surface area contributed by atoms with E-state index in [2.05, 4.69) is 16.8 Å². The van der Waals surface area contributed by atoms with Gasteiger partial charge in [-0.3, -0.25) is 4.98 Å². The summed E-state index contributed by atoms with van der Waals surface area (Å²) in [4.78, 5) is 6.56. The Morgan fingerprint density at radius 3 is 2.70 bits per heavy atom. The Morgan fingerprint density at radius 1 is 1.35 bits per heavy atom. The number of nitrogens with zero attached hydrogens (tertiary/aromatic N) is 2. The molecule has 1 unspecified atom stereocenters. The molecule has 0 aliphatic rings. The van der Waals surface area contributed by atoms with Crippen molar-refractivity contribution in [3.63, 3.8) is 0 Å². The van der Waals surface area contributed by atoms with Gasteiger partial charge in [-0.15, -0.1) is 0 Å². The normalized spacial score (nSPS) is 11.9. The molecule has 2 aromatic rings. The molecule has 1 aromatic heterocycles. The topological polar surface area (TPSA) is 42.2 Å². The number of hydrogen-bond acceptors (Lipinski definition) is 3. The van der Waals surface area contributed by atoms with Crippen LogP contribution in [-0.2, 0) is 0 Å². The molecular weight excluding hydrogens is 290 g/mol. The van der Waals surface area contributed by atoms with Crippen LogP contribution in [0.15, 0.2) is 42.6 Å². The second-order valence-electron chi connectivity index (χ2n) is 4.57. The maximum Gasteiger partial charge on any atom is 0.122 e. The highest BCUT2D eigenvalue weighted by Gasteiger charge is 2.15. The third-order valence-electron chi connectivity index (χ3n) is 3.34. The van der Waals surface area contributed by atoms with Crippen molar-refractivity contribution >= 4 is 34.5 Å². The van der Waals surface area contributed by atoms with Crippen LogP contribution in [0.2, 0.25) is 5.02 Å². The van der Waals surface area contributed by atoms with Crippen LogP contribution in [0.1, 0.15) is 24.2 Å². The van der Waals surface area contributed by atoms with E-state index in [9.17, 15) is 0 Å². The fraction of sp³-hybridized carbons (Fsp3) is 0.200. The van der Waals surface area contributed by atoms with Crippen molar-refractivity contribution in [1.82, 2.24) is 4.98 Å². The molecule has 0 bridgehead atoms. The van der Waals surface area contributed by atoms with E-state index in [-0.39, 0.29) is 6.04 Å². The molecule has 2 N–H and O–H groups in total. The molecular formula is C15H16ClN3S. The lowest BCUT2D eigenvalue weighted by molar-refractivity contribution is 0.739. The first-order valence-corrected chi connectivity index (χ1v) is 7.02. The number of benzene rings is 1. The molecule has 2 rings (SSSR count). The molecule has 1 atom stereocenters. The Hall–Kier alpha value is -1.65. The maximum absolute atomic E-state index is 6.25. The highest BCUT2D eigenvalue weighted by Crippen LogP contribution is 2.29. The Labute approximate surface area is 129 Å². The zero-order valence-electron chi connectivity index (χ0n) is 11.4. The van der Waals surface area contributed by atoms with Gasteiger partial charge < -0.3 is 10.6 Å². The van der Waals surface area contributed by atoms with Crippen molar-refractivity contribution in [3.05, 3.63) is 58.9 Å². The Balaban J connectivity index is 2.31. The van der Waals surface area contributed by atoms with Gasteiger partial charge in [0.05, 0.1) is 11.7 Å². The summed E-state index contributed by atoms with van der Waals surface area (Å²) in [7, 11) is 2.01. The van der Waals surface area contributed by atoms with Crippen LogP contribution in [0.4, 0.5) is 5.69 Å². The van der Waals surface area contributed by atoms with Gasteiger partial charge in [0.2, 0.25) is 0 Å². The van der Waals surface area contributed by atoms with Gasteiger partial charge in [0.15, 0.2) is 0 Å². The van der Waals surface area contributed by atoms with E-state index in [1.807, 2.05) is 43.4 Å². The van der Waals surface area contributed by atoms with Crippen molar-refractivity contribution < 1.29 is 0 Å². The molecule has 1 aromatic carbocycles. The van der Waals surface area contributed by atoms with E-state index in [4.69, 9.17) is 29.6 Å². The molecule has 104 valence electrons. The van der Waals surface area contributed by atoms with Gasteiger partial charge in [0.1, 0.15) is 4.99 Å². The first-order valence-electron chi connectivity index (χ1n) is 6.24. The van der Waals surface area contributed by atoms with Gasteiger partial charge in [-0.25, -0.2) is 0 Å². The quantitative estimate of drug-likeness (QED) is 0.877. The SMILES string of the molecule is CC(c1ccccc1Cl)N(C)c1ccnc(C(N)=S)c1. The standard InChI is InChI=1S/C15H16ClN3S/c1-10(12-5-3-4-6-13(12)16)19(2)11-7-8-18-14(9-11)15(17)20/h3-10H,1-2H3,(H2,17,20). The van der Waals surface area contributed by atoms with Gasteiger partial charge in [-0.2, -0.15) is 0 Å². The number of hydrogen-bond donors (Lipinski definition) is 1. The lowest BCUT2D eigenvalue weighted by Crippen LogP contribution is -2.22. The molecule has 0 saturated carbocycles. The van der Waals surface area contributed by atoms with E-state index >= 15 is 0 Å². The smallest absolute Gasteiger partial charge is 0.122 e. The van der Waals surface area contributed by atoms with Crippen molar-refractivity contribution in [2.24, 2.45) is 5.73 Å². The van der Waals surface area contributed by atoms with Crippen molar-refractivity contribution in [2.45, 2.75) is 13.0 Å². The monoisotopic (exact) mass is 305 g/mol. The second-order valence-corrected chi connectivity index (χ2v) is 5.42. The molecule has 3 nitrogen and oxygen atoms in total. The van der Waals surface area contributed by atoms with Crippen molar-refractivity contribution in [3.8, 4) is 0 Å². The van der Waals surface area contributed by atoms with Crippen LogP contribution in [0.25, 0.3) is 0 Å². The fourth-order valence-corrected chi connectivity index (χ4v) is 2.42. The zero-order valence-corrected chi connectivity index (χ0v) is 12.9. The molecule has 0 aliphatic carbocycles. The zero-order chi connectivity index (χ0) is 14.7. The van der Waals surface area contributed by atoms with Gasteiger partial charge in [-0.1, -0.05) is 42.0 Å². The lowest BCUT2D eigenvalue weighted by Gasteiger charge is -2.28. The molecule has 0 saturated heterocycles. The summed E-state index contributed by atoms with van der Waals surface area (Å²) in [5.41, 5.74) is 8.31. The highest BCUT2D eigenvalue weighted by molar-refractivity contribution is 7.80. The summed E-state index contributed by atoms with van der Waals surface area (Å²) < 4.78 is 0. The average Bonchev–Trinajstić information content (AvgIpc) is 2.46. The first kappa shape index (κ1) is 14.8. The van der Waals surface area contributed by atoms with E-state index in [1.54, 1.807) is 6.20 Å². The minimum Gasteiger partial charge on any atom is -0.388 e. The van der Waals surface area contributed by atoms with E-state index in [0.29, 0.717) is 10.7 Å². The predicted molar refractivity (Wildman–Crippen MR) is 88.4 cm³/mol. The summed E-state index contributed by atoms with van der Waals surface area (Å²) in [6.07, 6.45) is 1.71. The van der Waals surface area contributed by atoms with Gasteiger partial charge in [-0.05, 0) is 30.7 Å². The molecule has 20 heavy (non-hydrogen) atoms. The lowest BCUT2D eigenvalue weighted by atomic mass is 10.1. The minimum atomic E-state index is 0.130. The van der Waals surface area contributed by atoms with Gasteiger partial charge >= 0.3 is 0 Å². The molecule has 0 fully saturated rings. The molecule has 0 aliphatic heterocycles. The van der Waals surface area contributed by atoms with E-state index < -0.39 is 0 Å². The molecule has 5 heteroatoms. The summed E-state index contributed by atoms with van der Waals surface area (Å²) >= 11 is 11.2. The fourth-order valence-electron chi connectivity index (χ4n) is 2.02. The molecule has 1 heterocycles.